The maximum absolute atomic E-state index is 12.1. The predicted octanol–water partition coefficient (Wildman–Crippen LogP) is 3.04. The fraction of sp³-hybridized carbons (Fsp3) is 0.619. The maximum atomic E-state index is 12.1. The lowest BCUT2D eigenvalue weighted by Gasteiger charge is -2.60. The van der Waals surface area contributed by atoms with Gasteiger partial charge < -0.3 is 14.9 Å². The summed E-state index contributed by atoms with van der Waals surface area (Å²) in [7, 11) is 0. The molecule has 2 aliphatic carbocycles. The molecule has 4 heteroatoms. The maximum Gasteiger partial charge on any atom is 0.166 e. The number of nitrogens with zero attached hydrogens (tertiary/aromatic N) is 1. The molecule has 2 heterocycles. The van der Waals surface area contributed by atoms with E-state index >= 15 is 0 Å². The first-order valence-corrected chi connectivity index (χ1v) is 9.55. The number of aliphatic hydroxyl groups is 1. The quantitative estimate of drug-likeness (QED) is 0.771. The Morgan fingerprint density at radius 3 is 2.76 bits per heavy atom. The number of rotatable bonds is 1. The van der Waals surface area contributed by atoms with Crippen LogP contribution in [0.2, 0.25) is 0 Å². The molecule has 4 atom stereocenters. The third kappa shape index (κ3) is 1.75. The van der Waals surface area contributed by atoms with Crippen molar-refractivity contribution in [2.45, 2.75) is 75.2 Å². The van der Waals surface area contributed by atoms with Gasteiger partial charge in [-0.3, -0.25) is 4.90 Å². The summed E-state index contributed by atoms with van der Waals surface area (Å²) >= 11 is 0. The standard InChI is InChI=1S/C21H27NO3/c1-12-4-7-16(23)18-17(12)20-10-11-22(15-5-6-15)14(3)21(20,24)9-8-13(2)19(20)25-18/h4,7,14-15,19,23-24H,2,5-6,8-11H2,1,3H3/t14-,19+,20+,21-/m1/s1. The van der Waals surface area contributed by atoms with Crippen molar-refractivity contribution in [3.63, 3.8) is 0 Å². The molecule has 0 aromatic heterocycles. The molecule has 1 spiro atoms. The summed E-state index contributed by atoms with van der Waals surface area (Å²) in [6, 6.07) is 4.37. The Morgan fingerprint density at radius 2 is 2.04 bits per heavy atom. The number of benzene rings is 1. The van der Waals surface area contributed by atoms with E-state index in [-0.39, 0.29) is 17.9 Å². The van der Waals surface area contributed by atoms with Crippen molar-refractivity contribution < 1.29 is 14.9 Å². The van der Waals surface area contributed by atoms with Crippen LogP contribution >= 0.6 is 0 Å². The highest BCUT2D eigenvalue weighted by Crippen LogP contribution is 2.63. The summed E-state index contributed by atoms with van der Waals surface area (Å²) in [6.45, 7) is 9.49. The van der Waals surface area contributed by atoms with Crippen LogP contribution < -0.4 is 4.74 Å². The normalized spacial score (nSPS) is 40.2. The lowest BCUT2D eigenvalue weighted by molar-refractivity contribution is -0.165. The average Bonchev–Trinajstić information content (AvgIpc) is 3.35. The van der Waals surface area contributed by atoms with Gasteiger partial charge >= 0.3 is 0 Å². The summed E-state index contributed by atoms with van der Waals surface area (Å²) < 4.78 is 6.29. The number of aromatic hydroxyl groups is 1. The van der Waals surface area contributed by atoms with Crippen LogP contribution in [0.1, 0.15) is 50.2 Å². The molecule has 4 nitrogen and oxygen atoms in total. The lowest BCUT2D eigenvalue weighted by atomic mass is 9.52. The molecule has 4 aliphatic rings. The monoisotopic (exact) mass is 341 g/mol. The van der Waals surface area contributed by atoms with Gasteiger partial charge in [0.2, 0.25) is 0 Å². The topological polar surface area (TPSA) is 52.9 Å². The minimum absolute atomic E-state index is 0.0839. The van der Waals surface area contributed by atoms with Gasteiger partial charge in [0.05, 0.1) is 11.0 Å². The van der Waals surface area contributed by atoms with Crippen molar-refractivity contribution in [2.75, 3.05) is 6.54 Å². The van der Waals surface area contributed by atoms with Crippen molar-refractivity contribution in [3.05, 3.63) is 35.4 Å². The number of phenols is 1. The van der Waals surface area contributed by atoms with Crippen molar-refractivity contribution in [1.82, 2.24) is 4.90 Å². The van der Waals surface area contributed by atoms with Gasteiger partial charge in [0, 0.05) is 17.6 Å². The Hall–Kier alpha value is -1.52. The van der Waals surface area contributed by atoms with E-state index in [1.54, 1.807) is 6.07 Å². The second-order valence-corrected chi connectivity index (χ2v) is 8.55. The fourth-order valence-electron chi connectivity index (χ4n) is 6.01. The minimum atomic E-state index is -0.858. The van der Waals surface area contributed by atoms with Crippen LogP contribution in [-0.4, -0.2) is 45.4 Å². The second-order valence-electron chi connectivity index (χ2n) is 8.55. The Morgan fingerprint density at radius 1 is 1.28 bits per heavy atom. The summed E-state index contributed by atoms with van der Waals surface area (Å²) in [5.74, 6) is 0.746. The van der Waals surface area contributed by atoms with Crippen LogP contribution in [0.5, 0.6) is 11.5 Å². The molecule has 5 rings (SSSR count). The smallest absolute Gasteiger partial charge is 0.166 e. The van der Waals surface area contributed by atoms with Gasteiger partial charge in [-0.2, -0.15) is 0 Å². The molecule has 0 amide bonds. The third-order valence-corrected chi connectivity index (χ3v) is 7.41. The summed E-state index contributed by atoms with van der Waals surface area (Å²) in [4.78, 5) is 2.51. The molecule has 2 saturated carbocycles. The van der Waals surface area contributed by atoms with Crippen LogP contribution in [0.15, 0.2) is 24.3 Å². The summed E-state index contributed by atoms with van der Waals surface area (Å²) in [5.41, 5.74) is 1.81. The number of phenolic OH excluding ortho intramolecular Hbond substituents is 1. The molecule has 2 N–H and O–H groups in total. The molecule has 3 fully saturated rings. The summed E-state index contributed by atoms with van der Waals surface area (Å²) in [5, 5.41) is 22.5. The Balaban J connectivity index is 1.73. The minimum Gasteiger partial charge on any atom is -0.504 e. The summed E-state index contributed by atoms with van der Waals surface area (Å²) in [6.07, 6.45) is 4.60. The van der Waals surface area contributed by atoms with Crippen molar-refractivity contribution >= 4 is 0 Å². The molecule has 1 saturated heterocycles. The second kappa shape index (κ2) is 4.80. The van der Waals surface area contributed by atoms with E-state index < -0.39 is 11.0 Å². The van der Waals surface area contributed by atoms with Gasteiger partial charge in [0.15, 0.2) is 11.5 Å². The third-order valence-electron chi connectivity index (χ3n) is 7.41. The SMILES string of the molecule is C=C1CC[C@@]2(O)[C@@H](C)N(C3CC3)CC[C@@]23c2c(C)ccc(O)c2O[C@@H]13. The van der Waals surface area contributed by atoms with Crippen LogP contribution in [0.25, 0.3) is 0 Å². The van der Waals surface area contributed by atoms with E-state index in [4.69, 9.17) is 4.74 Å². The first kappa shape index (κ1) is 15.7. The van der Waals surface area contributed by atoms with Crippen LogP contribution in [0.4, 0.5) is 0 Å². The first-order chi connectivity index (χ1) is 11.9. The van der Waals surface area contributed by atoms with Gasteiger partial charge in [0.25, 0.3) is 0 Å². The highest BCUT2D eigenvalue weighted by atomic mass is 16.5. The fourth-order valence-corrected chi connectivity index (χ4v) is 6.01. The van der Waals surface area contributed by atoms with E-state index in [1.165, 1.54) is 12.8 Å². The van der Waals surface area contributed by atoms with Crippen molar-refractivity contribution in [1.29, 1.82) is 0 Å². The number of hydrogen-bond donors (Lipinski definition) is 2. The zero-order valence-electron chi connectivity index (χ0n) is 15.1. The van der Waals surface area contributed by atoms with Gasteiger partial charge in [-0.15, -0.1) is 0 Å². The Labute approximate surface area is 149 Å². The molecular formula is C21H27NO3. The van der Waals surface area contributed by atoms with Crippen molar-refractivity contribution in [3.8, 4) is 11.5 Å². The molecule has 2 aliphatic heterocycles. The van der Waals surface area contributed by atoms with Crippen molar-refractivity contribution in [2.24, 2.45) is 0 Å². The Bertz CT molecular complexity index is 771. The largest absolute Gasteiger partial charge is 0.504 e. The first-order valence-electron chi connectivity index (χ1n) is 9.55. The van der Waals surface area contributed by atoms with E-state index in [1.807, 2.05) is 6.07 Å². The van der Waals surface area contributed by atoms with Gasteiger partial charge in [-0.05, 0) is 69.7 Å². The number of hydrogen-bond acceptors (Lipinski definition) is 4. The number of ether oxygens (including phenoxy) is 1. The predicted molar refractivity (Wildman–Crippen MR) is 96.1 cm³/mol. The van der Waals surface area contributed by atoms with E-state index in [0.717, 1.165) is 36.1 Å². The highest BCUT2D eigenvalue weighted by Gasteiger charge is 2.69. The zero-order chi connectivity index (χ0) is 17.6. The van der Waals surface area contributed by atoms with Gasteiger partial charge in [-0.25, -0.2) is 0 Å². The zero-order valence-corrected chi connectivity index (χ0v) is 15.1. The lowest BCUT2D eigenvalue weighted by Crippen LogP contribution is -2.72. The van der Waals surface area contributed by atoms with Gasteiger partial charge in [-0.1, -0.05) is 12.6 Å². The van der Waals surface area contributed by atoms with E-state index in [0.29, 0.717) is 18.2 Å². The molecular weight excluding hydrogens is 314 g/mol. The van der Waals surface area contributed by atoms with E-state index in [2.05, 4.69) is 25.3 Å². The van der Waals surface area contributed by atoms with E-state index in [9.17, 15) is 10.2 Å². The molecule has 0 bridgehead atoms. The number of piperidine rings is 1. The average molecular weight is 341 g/mol. The number of fused-ring (bicyclic) bond motifs is 1. The number of likely N-dealkylation sites (tertiary alicyclic amines) is 1. The molecule has 1 aromatic carbocycles. The van der Waals surface area contributed by atoms with Crippen LogP contribution in [0.3, 0.4) is 0 Å². The van der Waals surface area contributed by atoms with Crippen LogP contribution in [-0.2, 0) is 5.41 Å². The molecule has 134 valence electrons. The Kier molecular flexibility index (Phi) is 3.02. The molecule has 1 aromatic rings. The van der Waals surface area contributed by atoms with Gasteiger partial charge in [0.1, 0.15) is 6.10 Å². The number of aryl methyl sites for hydroxylation is 1. The molecule has 25 heavy (non-hydrogen) atoms. The van der Waals surface area contributed by atoms with Crippen LogP contribution in [0, 0.1) is 6.92 Å². The molecule has 0 unspecified atom stereocenters. The molecule has 0 radical (unpaired) electrons. The highest BCUT2D eigenvalue weighted by molar-refractivity contribution is 5.61.